The summed E-state index contributed by atoms with van der Waals surface area (Å²) in [4.78, 5) is 27.2. The van der Waals surface area contributed by atoms with Gasteiger partial charge in [0.2, 0.25) is 0 Å². The van der Waals surface area contributed by atoms with Crippen molar-refractivity contribution in [1.29, 1.82) is 0 Å². The Morgan fingerprint density at radius 2 is 0.778 bits per heavy atom. The van der Waals surface area contributed by atoms with Gasteiger partial charge in [0, 0.05) is 0 Å². The second kappa shape index (κ2) is 10.9. The number of halogens is 8. The Hall–Kier alpha value is -0.750. The Morgan fingerprint density at radius 3 is 1.00 bits per heavy atom. The van der Waals surface area contributed by atoms with Crippen molar-refractivity contribution in [3.05, 3.63) is 40.2 Å². The first-order chi connectivity index (χ1) is 20.5. The van der Waals surface area contributed by atoms with Gasteiger partial charge in [-0.1, -0.05) is 0 Å². The molecule has 0 radical (unpaired) electrons. The molecule has 2 atom stereocenters. The van der Waals surface area contributed by atoms with E-state index in [2.05, 4.69) is 0 Å². The van der Waals surface area contributed by atoms with Crippen LogP contribution in [0.5, 0.6) is 23.0 Å². The standard InChI is InChI=1S/C26H24Cl8O10P/c1-25(2,3)39-23(35)9-7-37-45(38-8-10(9)24(36)40-26(4,5)6,41-19-15(31)11(27)12(28)16(32)20(19)42-45)43-21-17(33)13(29)14(30)18(34)22(21)44-45/h9-10H,7-8H2,1-6H3/q-1/t9-,10-/m1/s1. The molecule has 0 N–H and O–H groups in total. The van der Waals surface area contributed by atoms with Gasteiger partial charge < -0.3 is 0 Å². The maximum absolute atomic E-state index is 13.6. The number of esters is 2. The van der Waals surface area contributed by atoms with Crippen molar-refractivity contribution in [2.24, 2.45) is 11.8 Å². The fraction of sp³-hybridized carbons (Fsp3) is 0.462. The third kappa shape index (κ3) is 5.74. The Balaban J connectivity index is 1.76. The topological polar surface area (TPSA) is 108 Å². The number of benzene rings is 2. The zero-order valence-corrected chi connectivity index (χ0v) is 31.1. The van der Waals surface area contributed by atoms with Crippen molar-refractivity contribution < 1.29 is 46.2 Å². The van der Waals surface area contributed by atoms with Crippen LogP contribution >= 0.6 is 100 Å². The summed E-state index contributed by atoms with van der Waals surface area (Å²) in [7, 11) is -6.94. The van der Waals surface area contributed by atoms with Crippen LogP contribution < -0.4 is 18.1 Å². The summed E-state index contributed by atoms with van der Waals surface area (Å²) >= 11 is 51.4. The van der Waals surface area contributed by atoms with Crippen molar-refractivity contribution in [2.75, 3.05) is 13.2 Å². The molecule has 3 heterocycles. The quantitative estimate of drug-likeness (QED) is 0.126. The van der Waals surface area contributed by atoms with E-state index in [0.717, 1.165) is 0 Å². The van der Waals surface area contributed by atoms with E-state index >= 15 is 0 Å². The first-order valence-electron chi connectivity index (χ1n) is 13.0. The van der Waals surface area contributed by atoms with Gasteiger partial charge >= 0.3 is 299 Å². The number of ether oxygens (including phenoxy) is 2. The molecule has 2 aromatic rings. The fourth-order valence-corrected chi connectivity index (χ4v) is 10.4. The van der Waals surface area contributed by atoms with Crippen LogP contribution in [-0.2, 0) is 28.1 Å². The summed E-state index contributed by atoms with van der Waals surface area (Å²) in [5.41, 5.74) is -1.94. The molecule has 19 heteroatoms. The molecule has 0 amide bonds. The third-order valence-corrected chi connectivity index (χ3v) is 13.5. The molecule has 3 aliphatic rings. The van der Waals surface area contributed by atoms with Gasteiger partial charge in [-0.25, -0.2) is 0 Å². The zero-order chi connectivity index (χ0) is 33.7. The number of hydrogen-bond donors (Lipinski definition) is 0. The summed E-state index contributed by atoms with van der Waals surface area (Å²) < 4.78 is 49.0. The average molecular weight is 811 g/mol. The van der Waals surface area contributed by atoms with Crippen LogP contribution in [0.1, 0.15) is 41.5 Å². The SMILES string of the molecule is CC(C)(C)OC(=O)[C@@H]1CO[P-]23(OC[C@H]1C(=O)OC(C)(C)C)(Oc1c(Cl)c(Cl)c(Cl)c(Cl)c1O2)Oc1c(Cl)c(Cl)c(Cl)c(Cl)c1O3. The predicted octanol–water partition coefficient (Wildman–Crippen LogP) is 10.7. The van der Waals surface area contributed by atoms with Gasteiger partial charge in [0.05, 0.1) is 0 Å². The Kier molecular flexibility index (Phi) is 8.59. The third-order valence-electron chi connectivity index (χ3n) is 6.42. The molecule has 3 aliphatic heterocycles. The maximum atomic E-state index is 13.6. The van der Waals surface area contributed by atoms with Crippen LogP contribution in [-0.4, -0.2) is 36.4 Å². The molecule has 45 heavy (non-hydrogen) atoms. The predicted molar refractivity (Wildman–Crippen MR) is 173 cm³/mol. The molecular weight excluding hydrogens is 787 g/mol. The molecule has 2 aromatic carbocycles. The molecule has 1 spiro atoms. The average Bonchev–Trinajstić information content (AvgIpc) is 3.35. The van der Waals surface area contributed by atoms with E-state index < -0.39 is 55.5 Å². The molecular formula is C26H24Cl8O10P-. The number of hydrogen-bond acceptors (Lipinski definition) is 10. The van der Waals surface area contributed by atoms with E-state index in [-0.39, 0.29) is 63.2 Å². The molecule has 250 valence electrons. The number of carbonyl (C=O) groups excluding carboxylic acids is 2. The molecule has 0 aromatic heterocycles. The second-order valence-electron chi connectivity index (χ2n) is 12.2. The van der Waals surface area contributed by atoms with Gasteiger partial charge in [-0.2, -0.15) is 0 Å². The molecule has 1 saturated heterocycles. The molecule has 0 unspecified atom stereocenters. The summed E-state index contributed by atoms with van der Waals surface area (Å²) in [5.74, 6) is -6.04. The van der Waals surface area contributed by atoms with Crippen molar-refractivity contribution in [1.82, 2.24) is 0 Å². The fourth-order valence-electron chi connectivity index (χ4n) is 4.53. The molecule has 5 rings (SSSR count). The summed E-state index contributed by atoms with van der Waals surface area (Å²) in [6, 6.07) is 0. The van der Waals surface area contributed by atoms with Crippen molar-refractivity contribution in [3.8, 4) is 23.0 Å². The van der Waals surface area contributed by atoms with Gasteiger partial charge in [-0.3, -0.25) is 0 Å². The molecule has 0 saturated carbocycles. The minimum atomic E-state index is -6.94. The normalized spacial score (nSPS) is 23.9. The summed E-state index contributed by atoms with van der Waals surface area (Å²) in [6.45, 7) is 8.38. The Bertz CT molecular complexity index is 1480. The van der Waals surface area contributed by atoms with Crippen LogP contribution in [0.25, 0.3) is 0 Å². The number of rotatable bonds is 2. The molecule has 0 bridgehead atoms. The van der Waals surface area contributed by atoms with Crippen LogP contribution in [0.2, 0.25) is 40.2 Å². The number of carbonyl (C=O) groups is 2. The van der Waals surface area contributed by atoms with E-state index in [0.29, 0.717) is 0 Å². The first-order valence-corrected chi connectivity index (χ1v) is 18.2. The van der Waals surface area contributed by atoms with Crippen molar-refractivity contribution in [3.63, 3.8) is 0 Å². The van der Waals surface area contributed by atoms with Gasteiger partial charge in [0.25, 0.3) is 0 Å². The van der Waals surface area contributed by atoms with E-state index in [9.17, 15) is 9.59 Å². The van der Waals surface area contributed by atoms with E-state index in [1.54, 1.807) is 41.5 Å². The van der Waals surface area contributed by atoms with Crippen molar-refractivity contribution in [2.45, 2.75) is 52.7 Å². The summed E-state index contributed by atoms with van der Waals surface area (Å²) in [6.07, 6.45) is 0. The van der Waals surface area contributed by atoms with E-state index in [4.69, 9.17) is 129 Å². The first kappa shape index (κ1) is 35.6. The van der Waals surface area contributed by atoms with Crippen LogP contribution in [0.4, 0.5) is 0 Å². The number of fused-ring (bicyclic) bond motifs is 2. The second-order valence-corrected chi connectivity index (χ2v) is 18.7. The van der Waals surface area contributed by atoms with Crippen molar-refractivity contribution >= 4 is 112 Å². The van der Waals surface area contributed by atoms with Gasteiger partial charge in [-0.15, -0.1) is 0 Å². The minimum absolute atomic E-state index is 0.229. The molecule has 1 fully saturated rings. The summed E-state index contributed by atoms with van der Waals surface area (Å²) in [5, 5.41) is -2.14. The van der Waals surface area contributed by atoms with Gasteiger partial charge in [0.1, 0.15) is 0 Å². The van der Waals surface area contributed by atoms with Gasteiger partial charge in [0.15, 0.2) is 0 Å². The monoisotopic (exact) mass is 807 g/mol. The molecule has 0 aliphatic carbocycles. The van der Waals surface area contributed by atoms with Crippen LogP contribution in [0.15, 0.2) is 0 Å². The zero-order valence-electron chi connectivity index (χ0n) is 24.1. The Morgan fingerprint density at radius 1 is 0.533 bits per heavy atom. The van der Waals surface area contributed by atoms with Crippen LogP contribution in [0.3, 0.4) is 0 Å². The van der Waals surface area contributed by atoms with E-state index in [1.165, 1.54) is 0 Å². The molecule has 10 nitrogen and oxygen atoms in total. The van der Waals surface area contributed by atoms with Crippen LogP contribution in [0, 0.1) is 11.8 Å². The Labute approximate surface area is 297 Å². The van der Waals surface area contributed by atoms with Gasteiger partial charge in [-0.05, 0) is 0 Å². The van der Waals surface area contributed by atoms with E-state index in [1.807, 2.05) is 0 Å².